The van der Waals surface area contributed by atoms with Gasteiger partial charge in [0.05, 0.1) is 25.2 Å². The van der Waals surface area contributed by atoms with Gasteiger partial charge in [-0.2, -0.15) is 0 Å². The van der Waals surface area contributed by atoms with Crippen LogP contribution in [0.25, 0.3) is 6.08 Å². The van der Waals surface area contributed by atoms with Crippen molar-refractivity contribution in [3.8, 4) is 11.5 Å². The third kappa shape index (κ3) is 5.43. The van der Waals surface area contributed by atoms with Gasteiger partial charge >= 0.3 is 5.97 Å². The van der Waals surface area contributed by atoms with Gasteiger partial charge in [-0.3, -0.25) is 14.5 Å². The van der Waals surface area contributed by atoms with E-state index in [0.29, 0.717) is 17.1 Å². The van der Waals surface area contributed by atoms with Gasteiger partial charge in [-0.25, -0.2) is 9.18 Å². The number of imide groups is 1. The molecule has 2 aromatic carbocycles. The largest absolute Gasteiger partial charge is 0.493 e. The first-order chi connectivity index (χ1) is 14.9. The summed E-state index contributed by atoms with van der Waals surface area (Å²) >= 11 is 0.782. The number of rotatable bonds is 8. The number of thioether (sulfide) groups is 1. The predicted molar refractivity (Wildman–Crippen MR) is 113 cm³/mol. The van der Waals surface area contributed by atoms with Gasteiger partial charge in [0.2, 0.25) is 0 Å². The van der Waals surface area contributed by atoms with Crippen molar-refractivity contribution in [3.63, 3.8) is 0 Å². The number of carbonyl (C=O) groups excluding carboxylic acids is 3. The summed E-state index contributed by atoms with van der Waals surface area (Å²) in [7, 11) is 1.44. The molecule has 0 aliphatic carbocycles. The monoisotopic (exact) mass is 445 g/mol. The molecule has 1 aliphatic heterocycles. The molecular weight excluding hydrogens is 425 g/mol. The summed E-state index contributed by atoms with van der Waals surface area (Å²) < 4.78 is 29.4. The topological polar surface area (TPSA) is 82.1 Å². The number of ether oxygens (including phenoxy) is 3. The number of amides is 2. The summed E-state index contributed by atoms with van der Waals surface area (Å²) in [5.74, 6) is -0.797. The molecule has 1 fully saturated rings. The zero-order valence-corrected chi connectivity index (χ0v) is 17.7. The molecule has 162 valence electrons. The molecule has 9 heteroatoms. The summed E-state index contributed by atoms with van der Waals surface area (Å²) in [6.45, 7) is 1.55. The first-order valence-corrected chi connectivity index (χ1v) is 10.2. The summed E-state index contributed by atoms with van der Waals surface area (Å²) in [6, 6.07) is 10.9. The molecule has 0 N–H and O–H groups in total. The Morgan fingerprint density at radius 3 is 2.65 bits per heavy atom. The lowest BCUT2D eigenvalue weighted by Crippen LogP contribution is -2.27. The maximum Gasteiger partial charge on any atom is 0.344 e. The summed E-state index contributed by atoms with van der Waals surface area (Å²) in [5, 5.41) is -0.471. The van der Waals surface area contributed by atoms with Gasteiger partial charge in [0.15, 0.2) is 18.1 Å². The van der Waals surface area contributed by atoms with Crippen molar-refractivity contribution < 1.29 is 33.0 Å². The van der Waals surface area contributed by atoms with Gasteiger partial charge in [0, 0.05) is 5.56 Å². The van der Waals surface area contributed by atoms with Crippen LogP contribution in [0.15, 0.2) is 47.4 Å². The maximum atomic E-state index is 13.9. The van der Waals surface area contributed by atoms with Crippen molar-refractivity contribution in [3.05, 3.63) is 64.3 Å². The summed E-state index contributed by atoms with van der Waals surface area (Å²) in [4.78, 5) is 37.7. The van der Waals surface area contributed by atoms with Crippen LogP contribution in [0.1, 0.15) is 18.1 Å². The van der Waals surface area contributed by atoms with Crippen LogP contribution in [0, 0.1) is 5.82 Å². The van der Waals surface area contributed by atoms with Crippen molar-refractivity contribution in [2.45, 2.75) is 13.5 Å². The molecule has 0 bridgehead atoms. The Hall–Kier alpha value is -3.33. The van der Waals surface area contributed by atoms with Crippen molar-refractivity contribution in [2.75, 3.05) is 20.3 Å². The van der Waals surface area contributed by atoms with Crippen molar-refractivity contribution >= 4 is 35.0 Å². The first kappa shape index (κ1) is 22.4. The van der Waals surface area contributed by atoms with E-state index in [1.54, 1.807) is 43.3 Å². The number of hydrogen-bond acceptors (Lipinski definition) is 7. The highest BCUT2D eigenvalue weighted by Gasteiger charge is 2.35. The number of hydrogen-bond donors (Lipinski definition) is 0. The first-order valence-electron chi connectivity index (χ1n) is 9.38. The standard InChI is InChI=1S/C22H20FNO6S/c1-3-29-20(25)13-30-17-9-8-14(10-18(17)28-2)11-19-21(26)24(22(27)31-19)12-15-6-4-5-7-16(15)23/h4-11H,3,12-13H2,1-2H3/b19-11-. The molecule has 2 amide bonds. The molecule has 0 radical (unpaired) electrons. The fourth-order valence-corrected chi connectivity index (χ4v) is 3.66. The molecule has 0 spiro atoms. The number of carbonyl (C=O) groups is 3. The lowest BCUT2D eigenvalue weighted by atomic mass is 10.1. The Balaban J connectivity index is 1.75. The Morgan fingerprint density at radius 1 is 1.16 bits per heavy atom. The SMILES string of the molecule is CCOC(=O)COc1ccc(/C=C2\SC(=O)N(Cc3ccccc3F)C2=O)cc1OC. The van der Waals surface area contributed by atoms with Crippen molar-refractivity contribution in [1.82, 2.24) is 4.90 Å². The molecule has 0 unspecified atom stereocenters. The number of nitrogens with zero attached hydrogens (tertiary/aromatic N) is 1. The second kappa shape index (κ2) is 10.1. The molecule has 1 saturated heterocycles. The fraction of sp³-hybridized carbons (Fsp3) is 0.227. The van der Waals surface area contributed by atoms with Crippen LogP contribution < -0.4 is 9.47 Å². The highest BCUT2D eigenvalue weighted by Crippen LogP contribution is 2.35. The average Bonchev–Trinajstić information content (AvgIpc) is 3.01. The fourth-order valence-electron chi connectivity index (χ4n) is 2.82. The molecule has 0 atom stereocenters. The number of esters is 1. The van der Waals surface area contributed by atoms with Gasteiger partial charge < -0.3 is 14.2 Å². The predicted octanol–water partition coefficient (Wildman–Crippen LogP) is 4.01. The Labute approximate surface area is 182 Å². The van der Waals surface area contributed by atoms with E-state index >= 15 is 0 Å². The quantitative estimate of drug-likeness (QED) is 0.448. The summed E-state index contributed by atoms with van der Waals surface area (Å²) in [5.41, 5.74) is 0.854. The van der Waals surface area contributed by atoms with Crippen LogP contribution in [-0.4, -0.2) is 42.3 Å². The highest BCUT2D eigenvalue weighted by molar-refractivity contribution is 8.18. The van der Waals surface area contributed by atoms with Crippen LogP contribution in [0.3, 0.4) is 0 Å². The van der Waals surface area contributed by atoms with Gasteiger partial charge in [-0.15, -0.1) is 0 Å². The smallest absolute Gasteiger partial charge is 0.344 e. The van der Waals surface area contributed by atoms with E-state index in [1.807, 2.05) is 0 Å². The molecule has 1 aliphatic rings. The molecule has 0 aromatic heterocycles. The highest BCUT2D eigenvalue weighted by atomic mass is 32.2. The average molecular weight is 445 g/mol. The minimum Gasteiger partial charge on any atom is -0.493 e. The molecule has 7 nitrogen and oxygen atoms in total. The molecule has 2 aromatic rings. The van der Waals surface area contributed by atoms with E-state index in [4.69, 9.17) is 14.2 Å². The maximum absolute atomic E-state index is 13.9. The zero-order chi connectivity index (χ0) is 22.4. The lowest BCUT2D eigenvalue weighted by molar-refractivity contribution is -0.145. The number of halogens is 1. The van der Waals surface area contributed by atoms with Crippen LogP contribution in [-0.2, 0) is 20.9 Å². The van der Waals surface area contributed by atoms with Crippen LogP contribution in [0.5, 0.6) is 11.5 Å². The Morgan fingerprint density at radius 2 is 1.94 bits per heavy atom. The van der Waals surface area contributed by atoms with E-state index in [1.165, 1.54) is 19.2 Å². The molecular formula is C22H20FNO6S. The number of methoxy groups -OCH3 is 1. The van der Waals surface area contributed by atoms with Crippen LogP contribution in [0.2, 0.25) is 0 Å². The van der Waals surface area contributed by atoms with E-state index in [2.05, 4.69) is 0 Å². The van der Waals surface area contributed by atoms with E-state index < -0.39 is 22.9 Å². The van der Waals surface area contributed by atoms with Gasteiger partial charge in [0.1, 0.15) is 5.82 Å². The Bertz CT molecular complexity index is 1040. The molecule has 1 heterocycles. The third-order valence-corrected chi connectivity index (χ3v) is 5.20. The molecule has 0 saturated carbocycles. The van der Waals surface area contributed by atoms with Crippen molar-refractivity contribution in [1.29, 1.82) is 0 Å². The number of benzene rings is 2. The van der Waals surface area contributed by atoms with E-state index in [0.717, 1.165) is 16.7 Å². The summed E-state index contributed by atoms with van der Waals surface area (Å²) in [6.07, 6.45) is 1.55. The third-order valence-electron chi connectivity index (χ3n) is 4.30. The second-order valence-corrected chi connectivity index (χ2v) is 7.36. The van der Waals surface area contributed by atoms with Crippen LogP contribution in [0.4, 0.5) is 9.18 Å². The molecule has 3 rings (SSSR count). The van der Waals surface area contributed by atoms with E-state index in [9.17, 15) is 18.8 Å². The minimum absolute atomic E-state index is 0.140. The van der Waals surface area contributed by atoms with Crippen molar-refractivity contribution in [2.24, 2.45) is 0 Å². The zero-order valence-electron chi connectivity index (χ0n) is 16.9. The van der Waals surface area contributed by atoms with Gasteiger partial charge in [-0.1, -0.05) is 24.3 Å². The Kier molecular flexibility index (Phi) is 7.30. The van der Waals surface area contributed by atoms with E-state index in [-0.39, 0.29) is 30.2 Å². The minimum atomic E-state index is -0.503. The lowest BCUT2D eigenvalue weighted by Gasteiger charge is -2.13. The normalized spacial score (nSPS) is 14.8. The van der Waals surface area contributed by atoms with Crippen LogP contribution >= 0.6 is 11.8 Å². The van der Waals surface area contributed by atoms with Gasteiger partial charge in [-0.05, 0) is 48.5 Å². The molecule has 31 heavy (non-hydrogen) atoms. The van der Waals surface area contributed by atoms with Gasteiger partial charge in [0.25, 0.3) is 11.1 Å². The second-order valence-electron chi connectivity index (χ2n) is 6.36.